The van der Waals surface area contributed by atoms with Gasteiger partial charge in [0.15, 0.2) is 0 Å². The zero-order chi connectivity index (χ0) is 23.2. The minimum absolute atomic E-state index is 0.0220. The Morgan fingerprint density at radius 3 is 2.39 bits per heavy atom. The van der Waals surface area contributed by atoms with Crippen LogP contribution in [0.4, 0.5) is 0 Å². The van der Waals surface area contributed by atoms with Gasteiger partial charge in [-0.05, 0) is 41.8 Å². The van der Waals surface area contributed by atoms with Crippen molar-refractivity contribution in [1.29, 1.82) is 0 Å². The largest absolute Gasteiger partial charge is 0.489 e. The molecule has 3 aromatic carbocycles. The van der Waals surface area contributed by atoms with Crippen LogP contribution in [0.1, 0.15) is 41.2 Å². The maximum Gasteiger partial charge on any atom is 0.306 e. The highest BCUT2D eigenvalue weighted by molar-refractivity contribution is 7.99. The van der Waals surface area contributed by atoms with E-state index in [0.717, 1.165) is 21.6 Å². The van der Waals surface area contributed by atoms with E-state index in [1.807, 2.05) is 78.9 Å². The van der Waals surface area contributed by atoms with Crippen molar-refractivity contribution in [2.45, 2.75) is 42.1 Å². The number of hydrogen-bond acceptors (Lipinski definition) is 6. The first-order valence-corrected chi connectivity index (χ1v) is 11.8. The third-order valence-corrected chi connectivity index (χ3v) is 7.12. The van der Waals surface area contributed by atoms with Gasteiger partial charge in [-0.25, -0.2) is 0 Å². The van der Waals surface area contributed by atoms with Crippen LogP contribution in [-0.2, 0) is 16.1 Å². The Hall–Kier alpha value is -3.32. The van der Waals surface area contributed by atoms with Crippen LogP contribution >= 0.6 is 11.8 Å². The van der Waals surface area contributed by atoms with Crippen molar-refractivity contribution in [2.24, 2.45) is 0 Å². The van der Waals surface area contributed by atoms with E-state index in [9.17, 15) is 14.9 Å². The molecule has 170 valence electrons. The number of carbonyl (C=O) groups is 1. The van der Waals surface area contributed by atoms with Crippen molar-refractivity contribution in [1.82, 2.24) is 0 Å². The molecule has 0 spiro atoms. The van der Waals surface area contributed by atoms with Crippen molar-refractivity contribution in [3.63, 3.8) is 0 Å². The summed E-state index contributed by atoms with van der Waals surface area (Å²) in [5, 5.41) is 11.8. The molecule has 3 aromatic rings. The van der Waals surface area contributed by atoms with Crippen LogP contribution in [0, 0.1) is 10.1 Å². The molecule has 1 aliphatic heterocycles. The van der Waals surface area contributed by atoms with Gasteiger partial charge in [-0.3, -0.25) is 14.9 Å². The Morgan fingerprint density at radius 2 is 1.70 bits per heavy atom. The Kier molecular flexibility index (Phi) is 7.29. The summed E-state index contributed by atoms with van der Waals surface area (Å²) in [6, 6.07) is 24.0. The molecule has 0 aliphatic carbocycles. The number of fused-ring (bicyclic) bond motifs is 1. The van der Waals surface area contributed by atoms with E-state index in [4.69, 9.17) is 9.47 Å². The molecule has 0 radical (unpaired) electrons. The molecule has 1 heterocycles. The van der Waals surface area contributed by atoms with Gasteiger partial charge >= 0.3 is 5.97 Å². The van der Waals surface area contributed by atoms with E-state index >= 15 is 0 Å². The summed E-state index contributed by atoms with van der Waals surface area (Å²) in [6.45, 7) is 2.43. The quantitative estimate of drug-likeness (QED) is 0.239. The summed E-state index contributed by atoms with van der Waals surface area (Å²) < 4.78 is 11.0. The summed E-state index contributed by atoms with van der Waals surface area (Å²) in [4.78, 5) is 25.2. The number of thioether (sulfide) groups is 1. The molecule has 0 unspecified atom stereocenters. The predicted octanol–water partition coefficient (Wildman–Crippen LogP) is 5.79. The highest BCUT2D eigenvalue weighted by Crippen LogP contribution is 2.52. The van der Waals surface area contributed by atoms with E-state index < -0.39 is 23.2 Å². The van der Waals surface area contributed by atoms with Gasteiger partial charge in [0.25, 0.3) is 0 Å². The summed E-state index contributed by atoms with van der Waals surface area (Å²) in [5.41, 5.74) is 2.73. The lowest BCUT2D eigenvalue weighted by atomic mass is 9.84. The first-order chi connectivity index (χ1) is 16.1. The van der Waals surface area contributed by atoms with Crippen molar-refractivity contribution in [2.75, 3.05) is 6.61 Å². The number of hydrogen-bond donors (Lipinski definition) is 0. The summed E-state index contributed by atoms with van der Waals surface area (Å²) in [6.07, 6.45) is -0.0220. The van der Waals surface area contributed by atoms with Crippen molar-refractivity contribution in [3.8, 4) is 5.75 Å². The van der Waals surface area contributed by atoms with Crippen LogP contribution in [0.5, 0.6) is 5.75 Å². The smallest absolute Gasteiger partial charge is 0.306 e. The third kappa shape index (κ3) is 5.37. The van der Waals surface area contributed by atoms with Crippen LogP contribution in [0.25, 0.3) is 0 Å². The third-order valence-electron chi connectivity index (χ3n) is 5.69. The molecule has 1 aliphatic rings. The summed E-state index contributed by atoms with van der Waals surface area (Å²) >= 11 is 1.47. The normalized spacial score (nSPS) is 19.4. The van der Waals surface area contributed by atoms with Crippen LogP contribution < -0.4 is 4.74 Å². The minimum Gasteiger partial charge on any atom is -0.489 e. The first-order valence-electron chi connectivity index (χ1n) is 10.9. The monoisotopic (exact) mass is 463 g/mol. The molecule has 7 heteroatoms. The molecule has 0 amide bonds. The van der Waals surface area contributed by atoms with Gasteiger partial charge in [0.05, 0.1) is 18.9 Å². The average Bonchev–Trinajstić information content (AvgIpc) is 2.83. The zero-order valence-corrected chi connectivity index (χ0v) is 19.1. The maximum absolute atomic E-state index is 12.3. The van der Waals surface area contributed by atoms with E-state index in [0.29, 0.717) is 12.4 Å². The zero-order valence-electron chi connectivity index (χ0n) is 18.3. The Labute approximate surface area is 197 Å². The van der Waals surface area contributed by atoms with E-state index in [1.165, 1.54) is 11.8 Å². The Balaban J connectivity index is 1.59. The summed E-state index contributed by atoms with van der Waals surface area (Å²) in [5.74, 6) is -0.278. The molecule has 4 rings (SSSR count). The fraction of sp³-hybridized carbons (Fsp3) is 0.269. The fourth-order valence-electron chi connectivity index (χ4n) is 4.14. The van der Waals surface area contributed by atoms with Crippen LogP contribution in [-0.4, -0.2) is 23.5 Å². The molecule has 6 nitrogen and oxygen atoms in total. The van der Waals surface area contributed by atoms with Crippen LogP contribution in [0.2, 0.25) is 0 Å². The second-order valence-electron chi connectivity index (χ2n) is 7.81. The average molecular weight is 464 g/mol. The van der Waals surface area contributed by atoms with E-state index in [-0.39, 0.29) is 18.0 Å². The Morgan fingerprint density at radius 1 is 1.00 bits per heavy atom. The molecule has 0 saturated heterocycles. The lowest BCUT2D eigenvalue weighted by molar-refractivity contribution is -0.527. The van der Waals surface area contributed by atoms with E-state index in [1.54, 1.807) is 6.92 Å². The number of esters is 1. The van der Waals surface area contributed by atoms with Crippen molar-refractivity contribution >= 4 is 17.7 Å². The highest BCUT2D eigenvalue weighted by atomic mass is 32.2. The van der Waals surface area contributed by atoms with Gasteiger partial charge in [-0.2, -0.15) is 0 Å². The topological polar surface area (TPSA) is 78.7 Å². The number of ether oxygens (including phenoxy) is 2. The summed E-state index contributed by atoms with van der Waals surface area (Å²) in [7, 11) is 0. The van der Waals surface area contributed by atoms with Crippen LogP contribution in [0.15, 0.2) is 83.8 Å². The molecular weight excluding hydrogens is 438 g/mol. The number of rotatable bonds is 8. The van der Waals surface area contributed by atoms with E-state index in [2.05, 4.69) is 0 Å². The maximum atomic E-state index is 12.3. The molecule has 0 fully saturated rings. The number of carbonyl (C=O) groups excluding carboxylic acids is 1. The molecule has 0 saturated carbocycles. The van der Waals surface area contributed by atoms with Gasteiger partial charge in [-0.15, -0.1) is 11.8 Å². The molecule has 3 atom stereocenters. The predicted molar refractivity (Wildman–Crippen MR) is 127 cm³/mol. The lowest BCUT2D eigenvalue weighted by Gasteiger charge is -2.33. The number of nitrogens with zero attached hydrogens (tertiary/aromatic N) is 1. The number of benzene rings is 3. The van der Waals surface area contributed by atoms with Crippen LogP contribution in [0.3, 0.4) is 0 Å². The molecule has 0 N–H and O–H groups in total. The molecular formula is C26H25NO5S. The van der Waals surface area contributed by atoms with Gasteiger partial charge in [0.1, 0.15) is 17.6 Å². The van der Waals surface area contributed by atoms with Gasteiger partial charge in [0.2, 0.25) is 6.04 Å². The first kappa shape index (κ1) is 22.9. The van der Waals surface area contributed by atoms with Crippen molar-refractivity contribution in [3.05, 3.63) is 106 Å². The lowest BCUT2D eigenvalue weighted by Crippen LogP contribution is -2.37. The second kappa shape index (κ2) is 10.5. The van der Waals surface area contributed by atoms with Gasteiger partial charge in [-0.1, -0.05) is 60.7 Å². The minimum atomic E-state index is -0.953. The molecule has 0 aromatic heterocycles. The molecule has 0 bridgehead atoms. The standard InChI is InChI=1S/C26H25NO5S/c1-2-31-24(28)16-22-21-10-6-7-11-23(21)33-26(25(22)27(29)30)19-12-14-20(15-13-19)32-17-18-8-4-3-5-9-18/h3-15,22,25-26H,2,16-17H2,1H3/t22-,25-,26+/m0/s1. The Bertz CT molecular complexity index is 1100. The second-order valence-corrected chi connectivity index (χ2v) is 8.99. The number of nitro groups is 1. The fourth-order valence-corrected chi connectivity index (χ4v) is 5.65. The SMILES string of the molecule is CCOC(=O)C[C@H]1c2ccccc2S[C@H](c2ccc(OCc3ccccc3)cc2)[C@H]1[N+](=O)[O-]. The van der Waals surface area contributed by atoms with Gasteiger partial charge < -0.3 is 9.47 Å². The van der Waals surface area contributed by atoms with Gasteiger partial charge in [0, 0.05) is 9.82 Å². The van der Waals surface area contributed by atoms with Crippen molar-refractivity contribution < 1.29 is 19.2 Å². The molecule has 33 heavy (non-hydrogen) atoms. The highest BCUT2D eigenvalue weighted by Gasteiger charge is 2.47.